The summed E-state index contributed by atoms with van der Waals surface area (Å²) in [4.78, 5) is -0.151. The average molecular weight is 339 g/mol. The zero-order valence-electron chi connectivity index (χ0n) is 11.5. The number of hydrogen-bond acceptors (Lipinski definition) is 4. The van der Waals surface area contributed by atoms with E-state index in [2.05, 4.69) is 9.46 Å². The van der Waals surface area contributed by atoms with E-state index >= 15 is 0 Å². The summed E-state index contributed by atoms with van der Waals surface area (Å²) in [5, 5.41) is 9.53. The molecule has 5 nitrogen and oxygen atoms in total. The Morgan fingerprint density at radius 1 is 1.18 bits per heavy atom. The Morgan fingerprint density at radius 2 is 1.82 bits per heavy atom. The maximum atomic E-state index is 12.1. The molecule has 1 aromatic carbocycles. The number of sulfonamides is 1. The van der Waals surface area contributed by atoms with E-state index in [4.69, 9.17) is 0 Å². The highest BCUT2D eigenvalue weighted by atomic mass is 32.2. The minimum Gasteiger partial charge on any atom is -0.406 e. The van der Waals surface area contributed by atoms with Gasteiger partial charge in [-0.3, -0.25) is 0 Å². The average Bonchev–Trinajstić information content (AvgIpc) is 2.36. The van der Waals surface area contributed by atoms with Crippen LogP contribution < -0.4 is 9.46 Å². The fraction of sp³-hybridized carbons (Fsp3) is 0.538. The van der Waals surface area contributed by atoms with Crippen LogP contribution in [0, 0.1) is 0 Å². The summed E-state index contributed by atoms with van der Waals surface area (Å²) in [6, 6.07) is 3.60. The zero-order chi connectivity index (χ0) is 16.4. The normalized spacial score (nSPS) is 23.3. The molecule has 22 heavy (non-hydrogen) atoms. The van der Waals surface area contributed by atoms with E-state index in [1.165, 1.54) is 0 Å². The SMILES string of the molecule is O=S(=O)(NC1CCCC(O)C1)c1ccc(OC(F)(F)F)cc1. The van der Waals surface area contributed by atoms with Gasteiger partial charge in [-0.25, -0.2) is 13.1 Å². The zero-order valence-corrected chi connectivity index (χ0v) is 12.3. The molecule has 2 N–H and O–H groups in total. The summed E-state index contributed by atoms with van der Waals surface area (Å²) in [6.45, 7) is 0. The van der Waals surface area contributed by atoms with Crippen molar-refractivity contribution in [2.75, 3.05) is 0 Å². The van der Waals surface area contributed by atoms with Gasteiger partial charge in [-0.1, -0.05) is 0 Å². The molecular formula is C13H16F3NO4S. The summed E-state index contributed by atoms with van der Waals surface area (Å²) in [5.41, 5.74) is 0. The number of aliphatic hydroxyl groups is 1. The standard InChI is InChI=1S/C13H16F3NO4S/c14-13(15,16)21-11-4-6-12(7-5-11)22(19,20)17-9-2-1-3-10(18)8-9/h4-7,9-10,17-18H,1-3,8H2. The molecule has 0 bridgehead atoms. The third kappa shape index (κ3) is 4.85. The van der Waals surface area contributed by atoms with Gasteiger partial charge in [-0.15, -0.1) is 13.2 Å². The second-order valence-corrected chi connectivity index (χ2v) is 6.87. The van der Waals surface area contributed by atoms with Crippen molar-refractivity contribution in [1.29, 1.82) is 0 Å². The van der Waals surface area contributed by atoms with Crippen LogP contribution in [-0.4, -0.2) is 32.0 Å². The number of alkyl halides is 3. The second kappa shape index (κ2) is 6.43. The van der Waals surface area contributed by atoms with E-state index < -0.39 is 28.2 Å². The number of ether oxygens (including phenoxy) is 1. The van der Waals surface area contributed by atoms with Gasteiger partial charge in [0.2, 0.25) is 10.0 Å². The van der Waals surface area contributed by atoms with Gasteiger partial charge in [-0.05, 0) is 49.9 Å². The summed E-state index contributed by atoms with van der Waals surface area (Å²) < 4.78 is 66.6. The first-order valence-electron chi connectivity index (χ1n) is 6.72. The molecule has 1 fully saturated rings. The Bertz CT molecular complexity index is 601. The van der Waals surface area contributed by atoms with Crippen molar-refractivity contribution in [2.45, 2.75) is 49.1 Å². The third-order valence-corrected chi connectivity index (χ3v) is 4.87. The van der Waals surface area contributed by atoms with Gasteiger partial charge in [0.25, 0.3) is 0 Å². The highest BCUT2D eigenvalue weighted by molar-refractivity contribution is 7.89. The van der Waals surface area contributed by atoms with E-state index in [-0.39, 0.29) is 10.9 Å². The van der Waals surface area contributed by atoms with Crippen LogP contribution in [-0.2, 0) is 10.0 Å². The van der Waals surface area contributed by atoms with Gasteiger partial charge in [0.1, 0.15) is 5.75 Å². The molecule has 0 saturated heterocycles. The smallest absolute Gasteiger partial charge is 0.406 e. The lowest BCUT2D eigenvalue weighted by molar-refractivity contribution is -0.274. The fourth-order valence-electron chi connectivity index (χ4n) is 2.38. The van der Waals surface area contributed by atoms with Crippen LogP contribution in [0.15, 0.2) is 29.2 Å². The largest absolute Gasteiger partial charge is 0.573 e. The van der Waals surface area contributed by atoms with E-state index in [0.717, 1.165) is 24.3 Å². The molecule has 0 aliphatic heterocycles. The molecule has 2 rings (SSSR count). The maximum absolute atomic E-state index is 12.1. The fourth-order valence-corrected chi connectivity index (χ4v) is 3.66. The molecule has 124 valence electrons. The van der Waals surface area contributed by atoms with Crippen LogP contribution in [0.4, 0.5) is 13.2 Å². The van der Waals surface area contributed by atoms with Crippen molar-refractivity contribution >= 4 is 10.0 Å². The molecule has 2 atom stereocenters. The Balaban J connectivity index is 2.06. The van der Waals surface area contributed by atoms with E-state index in [1.54, 1.807) is 0 Å². The van der Waals surface area contributed by atoms with E-state index in [1.807, 2.05) is 0 Å². The second-order valence-electron chi connectivity index (χ2n) is 5.16. The summed E-state index contributed by atoms with van der Waals surface area (Å²) in [5.74, 6) is -0.487. The molecule has 0 radical (unpaired) electrons. The molecule has 0 aromatic heterocycles. The van der Waals surface area contributed by atoms with Crippen LogP contribution in [0.2, 0.25) is 0 Å². The minimum absolute atomic E-state index is 0.151. The van der Waals surface area contributed by atoms with Gasteiger partial charge in [0, 0.05) is 6.04 Å². The number of aliphatic hydroxyl groups excluding tert-OH is 1. The quantitative estimate of drug-likeness (QED) is 0.881. The first kappa shape index (κ1) is 17.0. The molecule has 0 heterocycles. The number of hydrogen-bond donors (Lipinski definition) is 2. The molecule has 1 aliphatic carbocycles. The lowest BCUT2D eigenvalue weighted by Crippen LogP contribution is -2.39. The lowest BCUT2D eigenvalue weighted by Gasteiger charge is -2.26. The lowest BCUT2D eigenvalue weighted by atomic mass is 9.94. The first-order valence-corrected chi connectivity index (χ1v) is 8.20. The molecule has 0 amide bonds. The van der Waals surface area contributed by atoms with Gasteiger partial charge >= 0.3 is 6.36 Å². The van der Waals surface area contributed by atoms with Gasteiger partial charge in [0.05, 0.1) is 11.0 Å². The number of nitrogens with one attached hydrogen (secondary N) is 1. The molecular weight excluding hydrogens is 323 g/mol. The topological polar surface area (TPSA) is 75.6 Å². The predicted molar refractivity (Wildman–Crippen MR) is 71.7 cm³/mol. The van der Waals surface area contributed by atoms with Crippen LogP contribution in [0.1, 0.15) is 25.7 Å². The van der Waals surface area contributed by atoms with Crippen LogP contribution >= 0.6 is 0 Å². The molecule has 1 saturated carbocycles. The molecule has 9 heteroatoms. The molecule has 1 aromatic rings. The Labute approximate surface area is 126 Å². The Kier molecular flexibility index (Phi) is 4.98. The van der Waals surface area contributed by atoms with Crippen molar-refractivity contribution in [1.82, 2.24) is 4.72 Å². The van der Waals surface area contributed by atoms with Crippen LogP contribution in [0.3, 0.4) is 0 Å². The predicted octanol–water partition coefficient (Wildman–Crippen LogP) is 2.17. The third-order valence-electron chi connectivity index (χ3n) is 3.34. The van der Waals surface area contributed by atoms with E-state index in [9.17, 15) is 26.7 Å². The highest BCUT2D eigenvalue weighted by Crippen LogP contribution is 2.25. The number of rotatable bonds is 4. The van der Waals surface area contributed by atoms with Crippen LogP contribution in [0.25, 0.3) is 0 Å². The number of benzene rings is 1. The molecule has 1 aliphatic rings. The minimum atomic E-state index is -4.82. The van der Waals surface area contributed by atoms with Gasteiger partial charge < -0.3 is 9.84 Å². The first-order chi connectivity index (χ1) is 10.2. The van der Waals surface area contributed by atoms with E-state index in [0.29, 0.717) is 25.7 Å². The van der Waals surface area contributed by atoms with Crippen molar-refractivity contribution in [3.63, 3.8) is 0 Å². The van der Waals surface area contributed by atoms with Crippen molar-refractivity contribution in [3.8, 4) is 5.75 Å². The molecule has 2 unspecified atom stereocenters. The number of halogens is 3. The van der Waals surface area contributed by atoms with Gasteiger partial charge in [-0.2, -0.15) is 0 Å². The summed E-state index contributed by atoms with van der Waals surface area (Å²) in [7, 11) is -3.84. The van der Waals surface area contributed by atoms with Crippen molar-refractivity contribution in [3.05, 3.63) is 24.3 Å². The Morgan fingerprint density at radius 3 is 2.36 bits per heavy atom. The maximum Gasteiger partial charge on any atom is 0.573 e. The Hall–Kier alpha value is -1.32. The molecule has 0 spiro atoms. The van der Waals surface area contributed by atoms with Gasteiger partial charge in [0.15, 0.2) is 0 Å². The summed E-state index contributed by atoms with van der Waals surface area (Å²) >= 11 is 0. The summed E-state index contributed by atoms with van der Waals surface area (Å²) in [6.07, 6.45) is -3.06. The highest BCUT2D eigenvalue weighted by Gasteiger charge is 2.31. The monoisotopic (exact) mass is 339 g/mol. The van der Waals surface area contributed by atoms with Crippen molar-refractivity contribution in [2.24, 2.45) is 0 Å². The van der Waals surface area contributed by atoms with Crippen molar-refractivity contribution < 1.29 is 31.4 Å². The van der Waals surface area contributed by atoms with Crippen LogP contribution in [0.5, 0.6) is 5.75 Å².